The number of ether oxygens (including phenoxy) is 1. The van der Waals surface area contributed by atoms with E-state index in [1.54, 1.807) is 10.4 Å². The molecule has 0 amide bonds. The van der Waals surface area contributed by atoms with Crippen LogP contribution in [0.1, 0.15) is 55.0 Å². The molecule has 1 aliphatic heterocycles. The summed E-state index contributed by atoms with van der Waals surface area (Å²) in [4.78, 5) is 3.14. The van der Waals surface area contributed by atoms with Gasteiger partial charge in [-0.2, -0.15) is 11.8 Å². The van der Waals surface area contributed by atoms with Crippen LogP contribution in [0.3, 0.4) is 0 Å². The monoisotopic (exact) mass is 313 g/mol. The second-order valence-corrected chi connectivity index (χ2v) is 8.29. The maximum atomic E-state index is 5.56. The van der Waals surface area contributed by atoms with Gasteiger partial charge in [0.25, 0.3) is 0 Å². The van der Waals surface area contributed by atoms with Crippen molar-refractivity contribution in [3.63, 3.8) is 0 Å². The van der Waals surface area contributed by atoms with Crippen LogP contribution >= 0.6 is 23.1 Å². The summed E-state index contributed by atoms with van der Waals surface area (Å²) in [6.45, 7) is 7.56. The molecule has 2 rings (SSSR count). The highest BCUT2D eigenvalue weighted by molar-refractivity contribution is 7.98. The molecular formula is C16H27NOS2. The standard InChI is InChI=1S/C16H27NOS2/c1-5-17-13(6-8-16(2,3)18-4)15-10-12-11-19-9-7-14(12)20-15/h10,13,17H,5-9,11H2,1-4H3. The average Bonchev–Trinajstić information content (AvgIpc) is 2.87. The van der Waals surface area contributed by atoms with E-state index in [-0.39, 0.29) is 5.60 Å². The van der Waals surface area contributed by atoms with Gasteiger partial charge in [0.1, 0.15) is 0 Å². The summed E-state index contributed by atoms with van der Waals surface area (Å²) in [6.07, 6.45) is 3.48. The van der Waals surface area contributed by atoms with E-state index >= 15 is 0 Å². The smallest absolute Gasteiger partial charge is 0.0623 e. The number of hydrogen-bond acceptors (Lipinski definition) is 4. The van der Waals surface area contributed by atoms with Gasteiger partial charge >= 0.3 is 0 Å². The summed E-state index contributed by atoms with van der Waals surface area (Å²) < 4.78 is 5.56. The van der Waals surface area contributed by atoms with E-state index in [9.17, 15) is 0 Å². The van der Waals surface area contributed by atoms with Crippen LogP contribution in [0.5, 0.6) is 0 Å². The molecule has 114 valence electrons. The van der Waals surface area contributed by atoms with Gasteiger partial charge in [0, 0.05) is 28.7 Å². The van der Waals surface area contributed by atoms with E-state index in [0.717, 1.165) is 19.4 Å². The highest BCUT2D eigenvalue weighted by atomic mass is 32.2. The maximum absolute atomic E-state index is 5.56. The van der Waals surface area contributed by atoms with Gasteiger partial charge in [-0.25, -0.2) is 0 Å². The minimum Gasteiger partial charge on any atom is -0.379 e. The summed E-state index contributed by atoms with van der Waals surface area (Å²) in [5, 5.41) is 3.65. The normalized spacial score (nSPS) is 17.0. The second-order valence-electron chi connectivity index (χ2n) is 6.01. The van der Waals surface area contributed by atoms with Gasteiger partial charge in [-0.1, -0.05) is 6.92 Å². The first-order chi connectivity index (χ1) is 9.55. The fraction of sp³-hybridized carbons (Fsp3) is 0.750. The molecule has 0 aromatic carbocycles. The van der Waals surface area contributed by atoms with E-state index in [0.29, 0.717) is 6.04 Å². The first-order valence-corrected chi connectivity index (χ1v) is 9.50. The van der Waals surface area contributed by atoms with Crippen molar-refractivity contribution in [2.45, 2.75) is 57.4 Å². The molecule has 1 aromatic rings. The fourth-order valence-corrected chi connectivity index (χ4v) is 5.01. The first kappa shape index (κ1) is 16.3. The Morgan fingerprint density at radius 1 is 1.45 bits per heavy atom. The Morgan fingerprint density at radius 2 is 2.25 bits per heavy atom. The van der Waals surface area contributed by atoms with Crippen molar-refractivity contribution in [1.29, 1.82) is 0 Å². The summed E-state index contributed by atoms with van der Waals surface area (Å²) in [5.41, 5.74) is 1.55. The molecule has 1 aromatic heterocycles. The van der Waals surface area contributed by atoms with Crippen LogP contribution in [0, 0.1) is 0 Å². The second kappa shape index (κ2) is 7.30. The van der Waals surface area contributed by atoms with Crippen molar-refractivity contribution in [3.8, 4) is 0 Å². The lowest BCUT2D eigenvalue weighted by Gasteiger charge is -2.26. The number of rotatable bonds is 7. The molecule has 20 heavy (non-hydrogen) atoms. The van der Waals surface area contributed by atoms with E-state index in [1.165, 1.54) is 22.8 Å². The van der Waals surface area contributed by atoms with Gasteiger partial charge in [-0.15, -0.1) is 11.3 Å². The van der Waals surface area contributed by atoms with Crippen molar-refractivity contribution in [2.24, 2.45) is 0 Å². The Bertz CT molecular complexity index is 405. The summed E-state index contributed by atoms with van der Waals surface area (Å²) in [6, 6.07) is 2.93. The third kappa shape index (κ3) is 4.23. The Morgan fingerprint density at radius 3 is 2.90 bits per heavy atom. The quantitative estimate of drug-likeness (QED) is 0.806. The molecule has 0 radical (unpaired) electrons. The molecule has 0 bridgehead atoms. The molecule has 2 nitrogen and oxygen atoms in total. The summed E-state index contributed by atoms with van der Waals surface area (Å²) in [7, 11) is 1.81. The zero-order valence-electron chi connectivity index (χ0n) is 13.1. The van der Waals surface area contributed by atoms with E-state index in [1.807, 2.05) is 18.4 Å². The first-order valence-electron chi connectivity index (χ1n) is 7.53. The molecule has 4 heteroatoms. The van der Waals surface area contributed by atoms with Crippen molar-refractivity contribution < 1.29 is 4.74 Å². The van der Waals surface area contributed by atoms with Gasteiger partial charge in [0.15, 0.2) is 0 Å². The molecule has 0 saturated heterocycles. The lowest BCUT2D eigenvalue weighted by molar-refractivity contribution is 0.0118. The molecule has 0 saturated carbocycles. The highest BCUT2D eigenvalue weighted by Crippen LogP contribution is 2.36. The SMILES string of the molecule is CCNC(CCC(C)(C)OC)c1cc2c(s1)CCSC2. The van der Waals surface area contributed by atoms with Gasteiger partial charge in [-0.05, 0) is 57.0 Å². The molecule has 1 atom stereocenters. The molecule has 0 fully saturated rings. The lowest BCUT2D eigenvalue weighted by atomic mass is 9.98. The van der Waals surface area contributed by atoms with E-state index < -0.39 is 0 Å². The van der Waals surface area contributed by atoms with Gasteiger partial charge in [0.05, 0.1) is 5.60 Å². The molecular weight excluding hydrogens is 286 g/mol. The largest absolute Gasteiger partial charge is 0.379 e. The van der Waals surface area contributed by atoms with Crippen molar-refractivity contribution in [3.05, 3.63) is 21.4 Å². The molecule has 0 spiro atoms. The maximum Gasteiger partial charge on any atom is 0.0623 e. The van der Waals surface area contributed by atoms with Crippen LogP contribution in [-0.4, -0.2) is 25.0 Å². The number of aryl methyl sites for hydroxylation is 1. The van der Waals surface area contributed by atoms with Crippen LogP contribution in [0.25, 0.3) is 0 Å². The number of nitrogens with one attached hydrogen (secondary N) is 1. The van der Waals surface area contributed by atoms with Gasteiger partial charge in [0.2, 0.25) is 0 Å². The summed E-state index contributed by atoms with van der Waals surface area (Å²) >= 11 is 4.09. The third-order valence-electron chi connectivity index (χ3n) is 4.03. The predicted octanol–water partition coefficient (Wildman–Crippen LogP) is 4.39. The molecule has 2 heterocycles. The van der Waals surface area contributed by atoms with Crippen molar-refractivity contribution in [2.75, 3.05) is 19.4 Å². The van der Waals surface area contributed by atoms with Crippen molar-refractivity contribution >= 4 is 23.1 Å². The number of hydrogen-bond donors (Lipinski definition) is 1. The number of methoxy groups -OCH3 is 1. The zero-order valence-corrected chi connectivity index (χ0v) is 14.8. The number of fused-ring (bicyclic) bond motifs is 1. The molecule has 0 aliphatic carbocycles. The highest BCUT2D eigenvalue weighted by Gasteiger charge is 2.22. The third-order valence-corrected chi connectivity index (χ3v) is 6.39. The Kier molecular flexibility index (Phi) is 5.96. The van der Waals surface area contributed by atoms with Gasteiger partial charge < -0.3 is 10.1 Å². The average molecular weight is 314 g/mol. The molecule has 1 aliphatic rings. The minimum absolute atomic E-state index is 0.0274. The van der Waals surface area contributed by atoms with Crippen LogP contribution in [-0.2, 0) is 16.9 Å². The van der Waals surface area contributed by atoms with Crippen LogP contribution < -0.4 is 5.32 Å². The topological polar surface area (TPSA) is 21.3 Å². The molecule has 1 unspecified atom stereocenters. The summed E-state index contributed by atoms with van der Waals surface area (Å²) in [5.74, 6) is 2.49. The van der Waals surface area contributed by atoms with E-state index in [2.05, 4.69) is 43.9 Å². The Labute approximate surface area is 131 Å². The van der Waals surface area contributed by atoms with Crippen LogP contribution in [0.2, 0.25) is 0 Å². The van der Waals surface area contributed by atoms with Crippen LogP contribution in [0.4, 0.5) is 0 Å². The fourth-order valence-electron chi connectivity index (χ4n) is 2.53. The zero-order chi connectivity index (χ0) is 14.6. The van der Waals surface area contributed by atoms with Gasteiger partial charge in [-0.3, -0.25) is 0 Å². The minimum atomic E-state index is -0.0274. The van der Waals surface area contributed by atoms with E-state index in [4.69, 9.17) is 4.74 Å². The Hall–Kier alpha value is -0.0300. The van der Waals surface area contributed by atoms with Crippen LogP contribution in [0.15, 0.2) is 6.07 Å². The number of thiophene rings is 1. The lowest BCUT2D eigenvalue weighted by Crippen LogP contribution is -2.27. The predicted molar refractivity (Wildman–Crippen MR) is 90.9 cm³/mol. The van der Waals surface area contributed by atoms with Crippen molar-refractivity contribution in [1.82, 2.24) is 5.32 Å². The molecule has 1 N–H and O–H groups in total. The number of thioether (sulfide) groups is 1. The Balaban J connectivity index is 2.05.